The summed E-state index contributed by atoms with van der Waals surface area (Å²) in [6.07, 6.45) is -0.317. The number of aliphatic hydroxyl groups is 1. The molecular formula is C13H16INO3. The first-order chi connectivity index (χ1) is 8.60. The lowest BCUT2D eigenvalue weighted by Gasteiger charge is -2.36. The number of hydrogen-bond donors (Lipinski definition) is 1. The molecule has 1 saturated heterocycles. The number of amides is 1. The molecule has 0 saturated carbocycles. The first kappa shape index (κ1) is 13.8. The number of nitrogens with zero attached hydrogens (tertiary/aromatic N) is 1. The average molecular weight is 361 g/mol. The molecule has 5 heteroatoms. The maximum Gasteiger partial charge on any atom is 0.254 e. The highest BCUT2D eigenvalue weighted by molar-refractivity contribution is 14.1. The summed E-state index contributed by atoms with van der Waals surface area (Å²) >= 11 is 2.19. The molecule has 1 aliphatic rings. The van der Waals surface area contributed by atoms with Gasteiger partial charge in [0.05, 0.1) is 18.8 Å². The van der Waals surface area contributed by atoms with E-state index in [4.69, 9.17) is 9.84 Å². The van der Waals surface area contributed by atoms with E-state index in [0.29, 0.717) is 18.7 Å². The van der Waals surface area contributed by atoms with Crippen LogP contribution in [-0.4, -0.2) is 47.8 Å². The molecule has 2 rings (SSSR count). The van der Waals surface area contributed by atoms with Gasteiger partial charge in [-0.1, -0.05) is 6.07 Å². The Morgan fingerprint density at radius 2 is 2.33 bits per heavy atom. The van der Waals surface area contributed by atoms with Gasteiger partial charge in [-0.25, -0.2) is 0 Å². The molecule has 18 heavy (non-hydrogen) atoms. The monoisotopic (exact) mass is 361 g/mol. The first-order valence-electron chi connectivity index (χ1n) is 5.91. The van der Waals surface area contributed by atoms with Crippen molar-refractivity contribution in [1.82, 2.24) is 4.90 Å². The van der Waals surface area contributed by atoms with Gasteiger partial charge in [-0.05, 0) is 47.7 Å². The average Bonchev–Trinajstić information content (AvgIpc) is 2.37. The van der Waals surface area contributed by atoms with Gasteiger partial charge in [-0.3, -0.25) is 4.79 Å². The van der Waals surface area contributed by atoms with Gasteiger partial charge in [-0.2, -0.15) is 0 Å². The largest absolute Gasteiger partial charge is 0.394 e. The van der Waals surface area contributed by atoms with Crippen LogP contribution in [0.2, 0.25) is 0 Å². The van der Waals surface area contributed by atoms with E-state index < -0.39 is 0 Å². The molecule has 2 unspecified atom stereocenters. The molecule has 98 valence electrons. The van der Waals surface area contributed by atoms with E-state index in [-0.39, 0.29) is 24.7 Å². The normalized spacial score (nSPS) is 24.1. The first-order valence-corrected chi connectivity index (χ1v) is 6.99. The molecule has 0 bridgehead atoms. The fraction of sp³-hybridized carbons (Fsp3) is 0.462. The summed E-state index contributed by atoms with van der Waals surface area (Å²) < 4.78 is 6.57. The minimum atomic E-state index is -0.277. The second kappa shape index (κ2) is 5.99. The van der Waals surface area contributed by atoms with Gasteiger partial charge in [0, 0.05) is 22.2 Å². The Labute approximate surface area is 120 Å². The predicted molar refractivity (Wildman–Crippen MR) is 76.5 cm³/mol. The van der Waals surface area contributed by atoms with E-state index in [1.54, 1.807) is 4.90 Å². The van der Waals surface area contributed by atoms with Crippen LogP contribution >= 0.6 is 22.6 Å². The number of carbonyl (C=O) groups excluding carboxylic acids is 1. The van der Waals surface area contributed by atoms with Crippen molar-refractivity contribution >= 4 is 28.5 Å². The van der Waals surface area contributed by atoms with Crippen molar-refractivity contribution in [2.24, 2.45) is 0 Å². The lowest BCUT2D eigenvalue weighted by Crippen LogP contribution is -2.50. The van der Waals surface area contributed by atoms with Crippen LogP contribution in [0.4, 0.5) is 0 Å². The van der Waals surface area contributed by atoms with Gasteiger partial charge >= 0.3 is 0 Å². The van der Waals surface area contributed by atoms with E-state index in [2.05, 4.69) is 22.6 Å². The quantitative estimate of drug-likeness (QED) is 0.813. The number of hydrogen-bond acceptors (Lipinski definition) is 3. The molecule has 1 aromatic rings. The Hall–Kier alpha value is -0.660. The molecule has 1 amide bonds. The molecule has 1 aromatic carbocycles. The standard InChI is InChI=1S/C13H16INO3/c1-9-6-15(7-12(8-16)18-9)13(17)10-3-2-4-11(14)5-10/h2-5,9,12,16H,6-8H2,1H3. The van der Waals surface area contributed by atoms with Crippen LogP contribution in [0.15, 0.2) is 24.3 Å². The second-order valence-electron chi connectivity index (χ2n) is 4.47. The van der Waals surface area contributed by atoms with Crippen molar-refractivity contribution in [3.63, 3.8) is 0 Å². The minimum Gasteiger partial charge on any atom is -0.394 e. The SMILES string of the molecule is CC1CN(C(=O)c2cccc(I)c2)CC(CO)O1. The van der Waals surface area contributed by atoms with Crippen LogP contribution in [0, 0.1) is 3.57 Å². The van der Waals surface area contributed by atoms with Crippen LogP contribution < -0.4 is 0 Å². The maximum atomic E-state index is 12.3. The molecule has 0 radical (unpaired) electrons. The Kier molecular flexibility index (Phi) is 4.58. The number of ether oxygens (including phenoxy) is 1. The number of halogens is 1. The number of carbonyl (C=O) groups is 1. The van der Waals surface area contributed by atoms with Crippen LogP contribution in [-0.2, 0) is 4.74 Å². The molecule has 1 fully saturated rings. The third-order valence-corrected chi connectivity index (χ3v) is 3.56. The van der Waals surface area contributed by atoms with E-state index in [1.807, 2.05) is 31.2 Å². The molecule has 0 spiro atoms. The van der Waals surface area contributed by atoms with Crippen molar-refractivity contribution in [2.75, 3.05) is 19.7 Å². The topological polar surface area (TPSA) is 49.8 Å². The lowest BCUT2D eigenvalue weighted by molar-refractivity contribution is -0.0858. The van der Waals surface area contributed by atoms with Crippen molar-refractivity contribution in [1.29, 1.82) is 0 Å². The number of morpholine rings is 1. The van der Waals surface area contributed by atoms with Gasteiger partial charge in [0.25, 0.3) is 5.91 Å². The maximum absolute atomic E-state index is 12.3. The van der Waals surface area contributed by atoms with Gasteiger partial charge in [0.15, 0.2) is 0 Å². The lowest BCUT2D eigenvalue weighted by atomic mass is 10.1. The molecular weight excluding hydrogens is 345 g/mol. The van der Waals surface area contributed by atoms with Crippen LogP contribution in [0.5, 0.6) is 0 Å². The highest BCUT2D eigenvalue weighted by Gasteiger charge is 2.28. The number of rotatable bonds is 2. The predicted octanol–water partition coefficient (Wildman–Crippen LogP) is 1.51. The zero-order valence-electron chi connectivity index (χ0n) is 10.2. The van der Waals surface area contributed by atoms with Gasteiger partial charge in [0.1, 0.15) is 0 Å². The van der Waals surface area contributed by atoms with E-state index in [9.17, 15) is 4.79 Å². The van der Waals surface area contributed by atoms with Gasteiger partial charge < -0.3 is 14.7 Å². The second-order valence-corrected chi connectivity index (χ2v) is 5.72. The van der Waals surface area contributed by atoms with E-state index in [1.165, 1.54) is 0 Å². The fourth-order valence-corrected chi connectivity index (χ4v) is 2.66. The molecule has 4 nitrogen and oxygen atoms in total. The Morgan fingerprint density at radius 1 is 1.56 bits per heavy atom. The summed E-state index contributed by atoms with van der Waals surface area (Å²) in [6.45, 7) is 2.88. The van der Waals surface area contributed by atoms with E-state index >= 15 is 0 Å². The molecule has 2 atom stereocenters. The summed E-state index contributed by atoms with van der Waals surface area (Å²) in [4.78, 5) is 14.1. The minimum absolute atomic E-state index is 0.00196. The third kappa shape index (κ3) is 3.21. The molecule has 1 heterocycles. The highest BCUT2D eigenvalue weighted by Crippen LogP contribution is 2.16. The van der Waals surface area contributed by atoms with Crippen LogP contribution in [0.1, 0.15) is 17.3 Å². The highest BCUT2D eigenvalue weighted by atomic mass is 127. The summed E-state index contributed by atoms with van der Waals surface area (Å²) in [5.41, 5.74) is 0.688. The molecule has 0 aromatic heterocycles. The summed E-state index contributed by atoms with van der Waals surface area (Å²) in [5, 5.41) is 9.16. The molecule has 1 N–H and O–H groups in total. The Bertz CT molecular complexity index is 438. The smallest absolute Gasteiger partial charge is 0.254 e. The van der Waals surface area contributed by atoms with Crippen molar-refractivity contribution in [3.05, 3.63) is 33.4 Å². The Morgan fingerprint density at radius 3 is 3.00 bits per heavy atom. The summed E-state index contributed by atoms with van der Waals surface area (Å²) in [7, 11) is 0. The van der Waals surface area contributed by atoms with Gasteiger partial charge in [0.2, 0.25) is 0 Å². The number of aliphatic hydroxyl groups excluding tert-OH is 1. The van der Waals surface area contributed by atoms with Crippen LogP contribution in [0.3, 0.4) is 0 Å². The van der Waals surface area contributed by atoms with Crippen molar-refractivity contribution in [3.8, 4) is 0 Å². The third-order valence-electron chi connectivity index (χ3n) is 2.89. The molecule has 0 aliphatic carbocycles. The fourth-order valence-electron chi connectivity index (χ4n) is 2.12. The van der Waals surface area contributed by atoms with Crippen molar-refractivity contribution in [2.45, 2.75) is 19.1 Å². The zero-order chi connectivity index (χ0) is 13.1. The van der Waals surface area contributed by atoms with Gasteiger partial charge in [-0.15, -0.1) is 0 Å². The molecule has 1 aliphatic heterocycles. The summed E-state index contributed by atoms with van der Waals surface area (Å²) in [6, 6.07) is 7.52. The number of benzene rings is 1. The zero-order valence-corrected chi connectivity index (χ0v) is 12.3. The van der Waals surface area contributed by atoms with Crippen LogP contribution in [0.25, 0.3) is 0 Å². The Balaban J connectivity index is 2.13. The summed E-state index contributed by atoms with van der Waals surface area (Å²) in [5.74, 6) is 0.00196. The van der Waals surface area contributed by atoms with E-state index in [0.717, 1.165) is 3.57 Å². The van der Waals surface area contributed by atoms with Crippen molar-refractivity contribution < 1.29 is 14.6 Å².